The smallest absolute Gasteiger partial charge is 0.416 e. The predicted molar refractivity (Wildman–Crippen MR) is 116 cm³/mol. The van der Waals surface area contributed by atoms with Crippen molar-refractivity contribution in [3.63, 3.8) is 0 Å². The number of hydrogen-bond donors (Lipinski definition) is 1. The number of ether oxygens (including phenoxy) is 1. The van der Waals surface area contributed by atoms with E-state index in [1.165, 1.54) is 6.07 Å². The van der Waals surface area contributed by atoms with E-state index >= 15 is 4.39 Å². The van der Waals surface area contributed by atoms with Crippen molar-refractivity contribution in [1.29, 1.82) is 0 Å². The second kappa shape index (κ2) is 9.54. The maximum Gasteiger partial charge on any atom is 0.416 e. The van der Waals surface area contributed by atoms with E-state index in [0.717, 1.165) is 18.9 Å². The standard InChI is InChI=1S/C24H22ClF6NO3/c25-17-10-15(24(29,30)31)9-14(20(17)27)11-32-7-5-23(28,6-8-32)12-35-21-16(13-1-2-13)3-4-18(26)19(21)22(33)34/h3-4,9-10,13H,1-2,5-8,11-12H2,(H,33,34). The lowest BCUT2D eigenvalue weighted by Gasteiger charge is -2.36. The molecule has 190 valence electrons. The maximum absolute atomic E-state index is 15.5. The van der Waals surface area contributed by atoms with Crippen LogP contribution in [0.3, 0.4) is 0 Å². The van der Waals surface area contributed by atoms with Gasteiger partial charge in [0.15, 0.2) is 0 Å². The number of carboxylic acid groups (broad SMARTS) is 1. The van der Waals surface area contributed by atoms with Crippen LogP contribution in [0.25, 0.3) is 0 Å². The molecule has 11 heteroatoms. The van der Waals surface area contributed by atoms with Crippen molar-refractivity contribution in [3.05, 3.63) is 63.2 Å². The van der Waals surface area contributed by atoms with E-state index in [1.807, 2.05) is 0 Å². The molecule has 35 heavy (non-hydrogen) atoms. The first-order valence-corrected chi connectivity index (χ1v) is 11.4. The molecule has 0 radical (unpaired) electrons. The molecular formula is C24H22ClF6NO3. The summed E-state index contributed by atoms with van der Waals surface area (Å²) in [6, 6.07) is 3.73. The van der Waals surface area contributed by atoms with Gasteiger partial charge in [-0.1, -0.05) is 17.7 Å². The fourth-order valence-corrected chi connectivity index (χ4v) is 4.51. The van der Waals surface area contributed by atoms with E-state index in [0.29, 0.717) is 17.7 Å². The van der Waals surface area contributed by atoms with Crippen LogP contribution in [0, 0.1) is 11.6 Å². The van der Waals surface area contributed by atoms with Gasteiger partial charge >= 0.3 is 12.1 Å². The highest BCUT2D eigenvalue weighted by atomic mass is 35.5. The summed E-state index contributed by atoms with van der Waals surface area (Å²) in [6.07, 6.45) is -3.26. The Bertz CT molecular complexity index is 1130. The molecule has 1 aliphatic heterocycles. The summed E-state index contributed by atoms with van der Waals surface area (Å²) < 4.78 is 88.7. The minimum absolute atomic E-state index is 0.0373. The van der Waals surface area contributed by atoms with Gasteiger partial charge in [-0.3, -0.25) is 4.90 Å². The van der Waals surface area contributed by atoms with Crippen molar-refractivity contribution in [2.75, 3.05) is 19.7 Å². The molecule has 1 aliphatic carbocycles. The Morgan fingerprint density at radius 3 is 2.40 bits per heavy atom. The first kappa shape index (κ1) is 25.6. The average Bonchev–Trinajstić information content (AvgIpc) is 3.61. The van der Waals surface area contributed by atoms with Gasteiger partial charge in [0.05, 0.1) is 10.6 Å². The van der Waals surface area contributed by atoms with E-state index in [4.69, 9.17) is 16.3 Å². The molecule has 0 spiro atoms. The second-order valence-corrected chi connectivity index (χ2v) is 9.47. The summed E-state index contributed by atoms with van der Waals surface area (Å²) >= 11 is 5.63. The Morgan fingerprint density at radius 1 is 1.17 bits per heavy atom. The number of benzene rings is 2. The third-order valence-electron chi connectivity index (χ3n) is 6.42. The zero-order valence-electron chi connectivity index (χ0n) is 18.4. The summed E-state index contributed by atoms with van der Waals surface area (Å²) in [4.78, 5) is 13.2. The van der Waals surface area contributed by atoms with E-state index in [-0.39, 0.29) is 49.7 Å². The molecule has 0 bridgehead atoms. The summed E-state index contributed by atoms with van der Waals surface area (Å²) in [5.74, 6) is -3.57. The first-order valence-electron chi connectivity index (χ1n) is 11.0. The Kier molecular flexibility index (Phi) is 6.98. The predicted octanol–water partition coefficient (Wildman–Crippen LogP) is 6.60. The SMILES string of the molecule is O=C(O)c1c(F)ccc(C2CC2)c1OCC1(F)CCN(Cc2cc(C(F)(F)F)cc(Cl)c2F)CC1. The molecule has 1 saturated carbocycles. The highest BCUT2D eigenvalue weighted by molar-refractivity contribution is 6.30. The van der Waals surface area contributed by atoms with Gasteiger partial charge in [0.25, 0.3) is 0 Å². The molecule has 2 fully saturated rings. The van der Waals surface area contributed by atoms with Crippen molar-refractivity contribution >= 4 is 17.6 Å². The normalized spacial score (nSPS) is 18.5. The molecular weight excluding hydrogens is 500 g/mol. The molecule has 1 heterocycles. The number of carbonyl (C=O) groups is 1. The first-order chi connectivity index (χ1) is 16.4. The molecule has 0 aromatic heterocycles. The van der Waals surface area contributed by atoms with Gasteiger partial charge in [0.2, 0.25) is 0 Å². The number of alkyl halides is 4. The lowest BCUT2D eigenvalue weighted by Crippen LogP contribution is -2.45. The molecule has 2 aromatic carbocycles. The van der Waals surface area contributed by atoms with Crippen molar-refractivity contribution < 1.29 is 41.0 Å². The number of piperidine rings is 1. The van der Waals surface area contributed by atoms with Crippen molar-refractivity contribution in [3.8, 4) is 5.75 Å². The minimum Gasteiger partial charge on any atom is -0.489 e. The zero-order chi connectivity index (χ0) is 25.5. The number of aromatic carboxylic acids is 1. The second-order valence-electron chi connectivity index (χ2n) is 9.06. The molecule has 4 nitrogen and oxygen atoms in total. The lowest BCUT2D eigenvalue weighted by atomic mass is 9.93. The monoisotopic (exact) mass is 521 g/mol. The Morgan fingerprint density at radius 2 is 1.83 bits per heavy atom. The van der Waals surface area contributed by atoms with E-state index < -0.39 is 52.2 Å². The lowest BCUT2D eigenvalue weighted by molar-refractivity contribution is -0.137. The Labute approximate surface area is 202 Å². The summed E-state index contributed by atoms with van der Waals surface area (Å²) in [7, 11) is 0. The maximum atomic E-state index is 15.5. The fraction of sp³-hybridized carbons (Fsp3) is 0.458. The molecule has 1 saturated heterocycles. The van der Waals surface area contributed by atoms with Crippen molar-refractivity contribution in [2.24, 2.45) is 0 Å². The molecule has 2 aromatic rings. The number of likely N-dealkylation sites (tertiary alicyclic amines) is 1. The van der Waals surface area contributed by atoms with Gasteiger partial charge < -0.3 is 9.84 Å². The van der Waals surface area contributed by atoms with Gasteiger partial charge in [0.1, 0.15) is 35.2 Å². The van der Waals surface area contributed by atoms with Crippen LogP contribution in [-0.2, 0) is 12.7 Å². The van der Waals surface area contributed by atoms with Gasteiger partial charge in [-0.25, -0.2) is 18.0 Å². The third-order valence-corrected chi connectivity index (χ3v) is 6.70. The Balaban J connectivity index is 1.43. The average molecular weight is 522 g/mol. The largest absolute Gasteiger partial charge is 0.489 e. The van der Waals surface area contributed by atoms with Gasteiger partial charge in [0, 0.05) is 25.2 Å². The van der Waals surface area contributed by atoms with Crippen LogP contribution in [0.4, 0.5) is 26.3 Å². The quantitative estimate of drug-likeness (QED) is 0.417. The number of rotatable bonds is 7. The summed E-state index contributed by atoms with van der Waals surface area (Å²) in [6.45, 7) is -0.505. The molecule has 2 aliphatic rings. The topological polar surface area (TPSA) is 49.8 Å². The highest BCUT2D eigenvalue weighted by Crippen LogP contribution is 2.46. The number of halogens is 7. The number of carboxylic acids is 1. The van der Waals surface area contributed by atoms with Gasteiger partial charge in [-0.15, -0.1) is 0 Å². The summed E-state index contributed by atoms with van der Waals surface area (Å²) in [5.41, 5.74) is -3.29. The van der Waals surface area contributed by atoms with E-state index in [2.05, 4.69) is 0 Å². The molecule has 4 rings (SSSR count). The van der Waals surface area contributed by atoms with E-state index in [1.54, 1.807) is 4.90 Å². The van der Waals surface area contributed by atoms with Crippen LogP contribution < -0.4 is 4.74 Å². The van der Waals surface area contributed by atoms with Gasteiger partial charge in [-0.2, -0.15) is 13.2 Å². The van der Waals surface area contributed by atoms with E-state index in [9.17, 15) is 31.9 Å². The van der Waals surface area contributed by atoms with Crippen LogP contribution in [-0.4, -0.2) is 41.3 Å². The van der Waals surface area contributed by atoms with Crippen LogP contribution in [0.15, 0.2) is 24.3 Å². The number of nitrogens with zero attached hydrogens (tertiary/aromatic N) is 1. The minimum atomic E-state index is -4.69. The molecule has 1 N–H and O–H groups in total. The molecule has 0 atom stereocenters. The Hall–Kier alpha value is -2.46. The molecule has 0 amide bonds. The van der Waals surface area contributed by atoms with Crippen LogP contribution in [0.5, 0.6) is 5.75 Å². The zero-order valence-corrected chi connectivity index (χ0v) is 19.2. The molecule has 0 unspecified atom stereocenters. The highest BCUT2D eigenvalue weighted by Gasteiger charge is 2.38. The summed E-state index contributed by atoms with van der Waals surface area (Å²) in [5, 5.41) is 8.79. The van der Waals surface area contributed by atoms with Gasteiger partial charge in [-0.05, 0) is 55.4 Å². The third kappa shape index (κ3) is 5.69. The fourth-order valence-electron chi connectivity index (χ4n) is 4.27. The van der Waals surface area contributed by atoms with Crippen molar-refractivity contribution in [2.45, 2.75) is 50.0 Å². The van der Waals surface area contributed by atoms with Crippen LogP contribution >= 0.6 is 11.6 Å². The van der Waals surface area contributed by atoms with Crippen LogP contribution in [0.1, 0.15) is 58.6 Å². The van der Waals surface area contributed by atoms with Crippen LogP contribution in [0.2, 0.25) is 5.02 Å². The van der Waals surface area contributed by atoms with Crippen molar-refractivity contribution in [1.82, 2.24) is 4.90 Å². The number of hydrogen-bond acceptors (Lipinski definition) is 3.